The molecule has 0 saturated carbocycles. The van der Waals surface area contributed by atoms with Gasteiger partial charge in [0.05, 0.1) is 12.2 Å². The van der Waals surface area contributed by atoms with Gasteiger partial charge in [-0.2, -0.15) is 0 Å². The van der Waals surface area contributed by atoms with Crippen LogP contribution in [-0.2, 0) is 11.3 Å². The fourth-order valence-corrected chi connectivity index (χ4v) is 3.75. The summed E-state index contributed by atoms with van der Waals surface area (Å²) >= 11 is 3.46. The smallest absolute Gasteiger partial charge is 0.243 e. The van der Waals surface area contributed by atoms with Gasteiger partial charge in [-0.3, -0.25) is 4.79 Å². The van der Waals surface area contributed by atoms with Gasteiger partial charge in [-0.25, -0.2) is 9.98 Å². The van der Waals surface area contributed by atoms with Gasteiger partial charge in [0.2, 0.25) is 5.91 Å². The highest BCUT2D eigenvalue weighted by Crippen LogP contribution is 2.16. The SMILES string of the molecule is Cc1nc(CNC(=NCC(=O)N(C)C)NCCSc2ccccc2)sc1C. The first-order chi connectivity index (χ1) is 13.0. The zero-order chi connectivity index (χ0) is 19.6. The summed E-state index contributed by atoms with van der Waals surface area (Å²) in [5.74, 6) is 1.50. The number of thiazole rings is 1. The molecular formula is C19H27N5OS2. The summed E-state index contributed by atoms with van der Waals surface area (Å²) in [4.78, 5) is 24.8. The van der Waals surface area contributed by atoms with Crippen molar-refractivity contribution >= 4 is 35.0 Å². The number of hydrogen-bond donors (Lipinski definition) is 2. The van der Waals surface area contributed by atoms with Crippen LogP contribution in [0.15, 0.2) is 40.2 Å². The molecule has 0 aliphatic carbocycles. The molecule has 0 spiro atoms. The van der Waals surface area contributed by atoms with Crippen molar-refractivity contribution in [3.63, 3.8) is 0 Å². The van der Waals surface area contributed by atoms with Gasteiger partial charge in [-0.05, 0) is 26.0 Å². The van der Waals surface area contributed by atoms with Gasteiger partial charge in [-0.15, -0.1) is 23.1 Å². The highest BCUT2D eigenvalue weighted by molar-refractivity contribution is 7.99. The molecule has 0 atom stereocenters. The van der Waals surface area contributed by atoms with Crippen LogP contribution in [0.5, 0.6) is 0 Å². The summed E-state index contributed by atoms with van der Waals surface area (Å²) in [6, 6.07) is 10.3. The number of amides is 1. The number of hydrogen-bond acceptors (Lipinski definition) is 5. The van der Waals surface area contributed by atoms with Gasteiger partial charge >= 0.3 is 0 Å². The number of aliphatic imine (C=N–C) groups is 1. The quantitative estimate of drug-likeness (QED) is 0.306. The lowest BCUT2D eigenvalue weighted by Gasteiger charge is -2.13. The van der Waals surface area contributed by atoms with Gasteiger partial charge in [0, 0.05) is 36.2 Å². The van der Waals surface area contributed by atoms with Gasteiger partial charge in [0.1, 0.15) is 11.6 Å². The van der Waals surface area contributed by atoms with Crippen LogP contribution in [0.2, 0.25) is 0 Å². The van der Waals surface area contributed by atoms with Crippen molar-refractivity contribution in [2.24, 2.45) is 4.99 Å². The van der Waals surface area contributed by atoms with Crippen molar-refractivity contribution < 1.29 is 4.79 Å². The number of nitrogens with zero attached hydrogens (tertiary/aromatic N) is 3. The topological polar surface area (TPSA) is 69.6 Å². The van der Waals surface area contributed by atoms with E-state index in [1.54, 1.807) is 42.1 Å². The van der Waals surface area contributed by atoms with E-state index in [1.807, 2.05) is 25.1 Å². The Balaban J connectivity index is 1.87. The molecule has 0 saturated heterocycles. The molecule has 2 aromatic rings. The standard InChI is InChI=1S/C19H27N5OS2/c1-14-15(2)27-17(23-14)12-21-19(22-13-18(25)24(3)4)20-10-11-26-16-8-6-5-7-9-16/h5-9H,10-13H2,1-4H3,(H2,20,21,22). The Morgan fingerprint density at radius 2 is 1.96 bits per heavy atom. The second kappa shape index (κ2) is 10.9. The average Bonchev–Trinajstić information content (AvgIpc) is 2.98. The van der Waals surface area contributed by atoms with Crippen LogP contribution in [0.3, 0.4) is 0 Å². The van der Waals surface area contributed by atoms with Gasteiger partial charge in [0.15, 0.2) is 5.96 Å². The Morgan fingerprint density at radius 3 is 2.59 bits per heavy atom. The number of nitrogens with one attached hydrogen (secondary N) is 2. The first-order valence-corrected chi connectivity index (χ1v) is 10.6. The van der Waals surface area contributed by atoms with Crippen LogP contribution in [0.1, 0.15) is 15.6 Å². The summed E-state index contributed by atoms with van der Waals surface area (Å²) < 4.78 is 0. The molecule has 0 unspecified atom stereocenters. The van der Waals surface area contributed by atoms with E-state index in [4.69, 9.17) is 0 Å². The molecule has 1 aromatic heterocycles. The van der Waals surface area contributed by atoms with Crippen molar-refractivity contribution in [1.82, 2.24) is 20.5 Å². The van der Waals surface area contributed by atoms with E-state index in [1.165, 1.54) is 9.77 Å². The van der Waals surface area contributed by atoms with Crippen molar-refractivity contribution in [3.8, 4) is 0 Å². The van der Waals surface area contributed by atoms with E-state index in [9.17, 15) is 4.79 Å². The minimum absolute atomic E-state index is 0.0318. The maximum atomic E-state index is 11.8. The Labute approximate surface area is 169 Å². The van der Waals surface area contributed by atoms with Gasteiger partial charge < -0.3 is 15.5 Å². The Morgan fingerprint density at radius 1 is 1.22 bits per heavy atom. The molecule has 146 valence electrons. The summed E-state index contributed by atoms with van der Waals surface area (Å²) in [5, 5.41) is 7.59. The third-order valence-corrected chi connectivity index (χ3v) is 5.84. The summed E-state index contributed by atoms with van der Waals surface area (Å²) in [6.45, 7) is 5.54. The molecule has 0 fully saturated rings. The zero-order valence-electron chi connectivity index (χ0n) is 16.3. The fraction of sp³-hybridized carbons (Fsp3) is 0.421. The summed E-state index contributed by atoms with van der Waals surface area (Å²) in [5.41, 5.74) is 1.06. The van der Waals surface area contributed by atoms with E-state index < -0.39 is 0 Å². The highest BCUT2D eigenvalue weighted by atomic mass is 32.2. The van der Waals surface area contributed by atoms with Crippen molar-refractivity contribution in [2.45, 2.75) is 25.3 Å². The van der Waals surface area contributed by atoms with Crippen LogP contribution in [-0.4, -0.2) is 54.7 Å². The predicted molar refractivity (Wildman–Crippen MR) is 115 cm³/mol. The number of benzene rings is 1. The maximum Gasteiger partial charge on any atom is 0.243 e. The van der Waals surface area contributed by atoms with E-state index in [0.717, 1.165) is 23.0 Å². The highest BCUT2D eigenvalue weighted by Gasteiger charge is 2.07. The zero-order valence-corrected chi connectivity index (χ0v) is 17.9. The molecular weight excluding hydrogens is 378 g/mol. The summed E-state index contributed by atoms with van der Waals surface area (Å²) in [6.07, 6.45) is 0. The minimum Gasteiger partial charge on any atom is -0.356 e. The number of carbonyl (C=O) groups excluding carboxylic acids is 1. The van der Waals surface area contributed by atoms with Gasteiger partial charge in [-0.1, -0.05) is 18.2 Å². The third kappa shape index (κ3) is 7.60. The number of likely N-dealkylation sites (N-methyl/N-ethyl adjacent to an activating group) is 1. The van der Waals surface area contributed by atoms with E-state index in [2.05, 4.69) is 39.7 Å². The number of carbonyl (C=O) groups is 1. The van der Waals surface area contributed by atoms with Crippen LogP contribution in [0, 0.1) is 13.8 Å². The van der Waals surface area contributed by atoms with Crippen LogP contribution < -0.4 is 10.6 Å². The number of aryl methyl sites for hydroxylation is 2. The second-order valence-corrected chi connectivity index (χ2v) is 8.60. The molecule has 0 bridgehead atoms. The Bertz CT molecular complexity index is 739. The van der Waals surface area contributed by atoms with Crippen LogP contribution in [0.4, 0.5) is 0 Å². The molecule has 2 rings (SSSR count). The Kier molecular flexibility index (Phi) is 8.60. The number of guanidine groups is 1. The van der Waals surface area contributed by atoms with Crippen LogP contribution in [0.25, 0.3) is 0 Å². The Hall–Kier alpha value is -2.06. The molecule has 1 aromatic carbocycles. The van der Waals surface area contributed by atoms with Crippen LogP contribution >= 0.6 is 23.1 Å². The molecule has 0 aliphatic heterocycles. The van der Waals surface area contributed by atoms with E-state index in [-0.39, 0.29) is 12.5 Å². The first-order valence-electron chi connectivity index (χ1n) is 8.79. The molecule has 1 amide bonds. The lowest BCUT2D eigenvalue weighted by atomic mass is 10.4. The van der Waals surface area contributed by atoms with E-state index >= 15 is 0 Å². The maximum absolute atomic E-state index is 11.8. The van der Waals surface area contributed by atoms with Crippen molar-refractivity contribution in [3.05, 3.63) is 45.9 Å². The van der Waals surface area contributed by atoms with Crippen molar-refractivity contribution in [1.29, 1.82) is 0 Å². The molecule has 2 N–H and O–H groups in total. The molecule has 6 nitrogen and oxygen atoms in total. The molecule has 1 heterocycles. The molecule has 0 radical (unpaired) electrons. The lowest BCUT2D eigenvalue weighted by molar-refractivity contribution is -0.127. The largest absolute Gasteiger partial charge is 0.356 e. The molecule has 0 aliphatic rings. The normalized spacial score (nSPS) is 11.3. The third-order valence-electron chi connectivity index (χ3n) is 3.76. The first kappa shape index (κ1) is 21.2. The van der Waals surface area contributed by atoms with E-state index in [0.29, 0.717) is 12.5 Å². The predicted octanol–water partition coefficient (Wildman–Crippen LogP) is 2.68. The average molecular weight is 406 g/mol. The number of rotatable bonds is 8. The summed E-state index contributed by atoms with van der Waals surface area (Å²) in [7, 11) is 3.46. The monoisotopic (exact) mass is 405 g/mol. The van der Waals surface area contributed by atoms with Gasteiger partial charge in [0.25, 0.3) is 0 Å². The minimum atomic E-state index is -0.0318. The number of aromatic nitrogens is 1. The number of thioether (sulfide) groups is 1. The fourth-order valence-electron chi connectivity index (χ4n) is 2.09. The van der Waals surface area contributed by atoms with Crippen molar-refractivity contribution in [2.75, 3.05) is 32.9 Å². The second-order valence-electron chi connectivity index (χ2n) is 6.14. The molecule has 27 heavy (non-hydrogen) atoms. The lowest BCUT2D eigenvalue weighted by Crippen LogP contribution is -2.39. The molecule has 8 heteroatoms.